The lowest BCUT2D eigenvalue weighted by molar-refractivity contribution is -0.130. The van der Waals surface area contributed by atoms with Gasteiger partial charge in [0.25, 0.3) is 0 Å². The van der Waals surface area contributed by atoms with Crippen LogP contribution in [0.15, 0.2) is 71.9 Å². The summed E-state index contributed by atoms with van der Waals surface area (Å²) in [7, 11) is -3.40. The molecule has 0 saturated heterocycles. The van der Waals surface area contributed by atoms with Gasteiger partial charge < -0.3 is 16.4 Å². The van der Waals surface area contributed by atoms with Gasteiger partial charge in [-0.05, 0) is 84.8 Å². The average molecular weight is 603 g/mol. The van der Waals surface area contributed by atoms with Crippen molar-refractivity contribution in [1.29, 1.82) is 0 Å². The topological polar surface area (TPSA) is 186 Å². The first-order valence-electron chi connectivity index (χ1n) is 14.1. The largest absolute Gasteiger partial charge is 0.344 e. The molecule has 5 rings (SSSR count). The van der Waals surface area contributed by atoms with Crippen molar-refractivity contribution in [3.63, 3.8) is 0 Å². The van der Waals surface area contributed by atoms with Crippen molar-refractivity contribution >= 4 is 27.3 Å². The first kappa shape index (κ1) is 30.0. The van der Waals surface area contributed by atoms with Crippen molar-refractivity contribution in [3.05, 3.63) is 72.6 Å². The number of nitrogens with two attached hydrogens (primary N) is 1. The van der Waals surface area contributed by atoms with E-state index < -0.39 is 15.9 Å². The fraction of sp³-hybridized carbons (Fsp3) is 0.333. The number of benzene rings is 2. The Bertz CT molecular complexity index is 1650. The normalized spacial score (nSPS) is 17.6. The first-order chi connectivity index (χ1) is 20.7. The molecule has 2 heterocycles. The predicted octanol–water partition coefficient (Wildman–Crippen LogP) is 2.76. The number of H-pyrrole nitrogens is 1. The minimum atomic E-state index is -3.40. The van der Waals surface area contributed by atoms with Gasteiger partial charge in [-0.2, -0.15) is 5.21 Å². The zero-order chi connectivity index (χ0) is 30.4. The molecular weight excluding hydrogens is 568 g/mol. The molecule has 1 fully saturated rings. The second kappa shape index (κ2) is 13.2. The van der Waals surface area contributed by atoms with E-state index in [-0.39, 0.29) is 29.0 Å². The van der Waals surface area contributed by atoms with E-state index in [2.05, 4.69) is 36.2 Å². The van der Waals surface area contributed by atoms with Crippen LogP contribution in [0.5, 0.6) is 0 Å². The van der Waals surface area contributed by atoms with Crippen LogP contribution >= 0.6 is 0 Å². The summed E-state index contributed by atoms with van der Waals surface area (Å²) in [5.74, 6) is 0.234. The maximum atomic E-state index is 13.5. The Kier molecular flexibility index (Phi) is 9.22. The number of sulfone groups is 1. The summed E-state index contributed by atoms with van der Waals surface area (Å²) in [5.41, 5.74) is 9.39. The second-order valence-corrected chi connectivity index (χ2v) is 12.9. The van der Waals surface area contributed by atoms with Gasteiger partial charge in [-0.3, -0.25) is 14.6 Å². The molecule has 1 unspecified atom stereocenters. The van der Waals surface area contributed by atoms with E-state index in [1.165, 1.54) is 6.20 Å². The van der Waals surface area contributed by atoms with Gasteiger partial charge in [-0.25, -0.2) is 8.42 Å². The van der Waals surface area contributed by atoms with E-state index in [4.69, 9.17) is 5.73 Å². The number of tetrazole rings is 1. The summed E-state index contributed by atoms with van der Waals surface area (Å²) in [6.07, 6.45) is 7.61. The zero-order valence-corrected chi connectivity index (χ0v) is 24.5. The number of hydrogen-bond donors (Lipinski definition) is 4. The molecular formula is C30H34N8O4S. The summed E-state index contributed by atoms with van der Waals surface area (Å²) in [6.45, 7) is 0.621. The van der Waals surface area contributed by atoms with Crippen molar-refractivity contribution in [2.75, 3.05) is 18.1 Å². The number of rotatable bonds is 10. The van der Waals surface area contributed by atoms with Gasteiger partial charge in [0.2, 0.25) is 17.6 Å². The molecule has 1 atom stereocenters. The number of anilines is 1. The number of amides is 2. The van der Waals surface area contributed by atoms with E-state index >= 15 is 0 Å². The Morgan fingerprint density at radius 2 is 1.67 bits per heavy atom. The van der Waals surface area contributed by atoms with Crippen molar-refractivity contribution in [2.45, 2.75) is 43.0 Å². The quantitative estimate of drug-likeness (QED) is 0.212. The van der Waals surface area contributed by atoms with Gasteiger partial charge in [0.1, 0.15) is 6.04 Å². The average Bonchev–Trinajstić information content (AvgIpc) is 3.56. The highest BCUT2D eigenvalue weighted by Crippen LogP contribution is 2.29. The minimum Gasteiger partial charge on any atom is -0.344 e. The van der Waals surface area contributed by atoms with Crippen LogP contribution in [0.1, 0.15) is 31.2 Å². The molecule has 13 heteroatoms. The highest BCUT2D eigenvalue weighted by atomic mass is 32.2. The molecule has 2 aromatic heterocycles. The van der Waals surface area contributed by atoms with E-state index in [0.29, 0.717) is 29.5 Å². The smallest absolute Gasteiger partial charge is 0.247 e. The third kappa shape index (κ3) is 7.67. The molecule has 4 aromatic rings. The first-order valence-corrected chi connectivity index (χ1v) is 16.0. The number of pyridine rings is 1. The molecule has 12 nitrogen and oxygen atoms in total. The van der Waals surface area contributed by atoms with Crippen LogP contribution in [0.25, 0.3) is 22.5 Å². The highest BCUT2D eigenvalue weighted by molar-refractivity contribution is 7.90. The Morgan fingerprint density at radius 3 is 2.30 bits per heavy atom. The Hall–Kier alpha value is -4.49. The molecule has 1 aliphatic carbocycles. The predicted molar refractivity (Wildman–Crippen MR) is 161 cm³/mol. The second-order valence-electron chi connectivity index (χ2n) is 10.9. The Morgan fingerprint density at radius 1 is 0.977 bits per heavy atom. The molecule has 224 valence electrons. The maximum absolute atomic E-state index is 13.5. The van der Waals surface area contributed by atoms with E-state index in [9.17, 15) is 18.0 Å². The molecule has 2 aromatic carbocycles. The van der Waals surface area contributed by atoms with Crippen LogP contribution in [-0.4, -0.2) is 64.7 Å². The molecule has 0 bridgehead atoms. The van der Waals surface area contributed by atoms with Crippen molar-refractivity contribution < 1.29 is 18.0 Å². The van der Waals surface area contributed by atoms with Crippen molar-refractivity contribution in [1.82, 2.24) is 30.9 Å². The number of aromatic amines is 1. The monoisotopic (exact) mass is 602 g/mol. The Balaban J connectivity index is 1.32. The number of nitrogens with one attached hydrogen (secondary N) is 3. The number of hydrogen-bond acceptors (Lipinski definition) is 9. The molecule has 0 aliphatic heterocycles. The molecule has 0 spiro atoms. The van der Waals surface area contributed by atoms with E-state index in [1.807, 2.05) is 24.3 Å². The summed E-state index contributed by atoms with van der Waals surface area (Å²) < 4.78 is 23.9. The molecule has 5 N–H and O–H groups in total. The minimum absolute atomic E-state index is 0.136. The maximum Gasteiger partial charge on any atom is 0.247 e. The summed E-state index contributed by atoms with van der Waals surface area (Å²) >= 11 is 0. The third-order valence-electron chi connectivity index (χ3n) is 7.81. The van der Waals surface area contributed by atoms with Crippen LogP contribution in [0.2, 0.25) is 0 Å². The molecule has 0 radical (unpaired) electrons. The van der Waals surface area contributed by atoms with Crippen LogP contribution in [0, 0.1) is 11.8 Å². The van der Waals surface area contributed by atoms with Gasteiger partial charge in [0, 0.05) is 47.8 Å². The van der Waals surface area contributed by atoms with E-state index in [1.54, 1.807) is 36.5 Å². The number of nitrogens with zero attached hydrogens (tertiary/aromatic N) is 4. The standard InChI is InChI=1S/C30H34N8O4S/c1-43(41,42)26-15-24(17-32-18-26)21-6-2-19(3-7-21)14-27(34-29(39)23-8-4-20(16-31)5-9-23)30(40)33-25-12-10-22(11-13-25)28-35-37-38-36-28/h2-3,6-7,10-13,15,17-18,20,23,27H,4-5,8-9,14,16,31H2,1H3,(H,33,40)(H,34,39)(H,35,36,37,38). The SMILES string of the molecule is CS(=O)(=O)c1cncc(-c2ccc(CC(NC(=O)C3CCC(CN)CC3)C(=O)Nc3ccc(-c4nn[nH]n4)cc3)cc2)c1. The number of carbonyl (C=O) groups excluding carboxylic acids is 2. The lowest BCUT2D eigenvalue weighted by Crippen LogP contribution is -2.48. The van der Waals surface area contributed by atoms with Gasteiger partial charge in [0.15, 0.2) is 9.84 Å². The molecule has 43 heavy (non-hydrogen) atoms. The lowest BCUT2D eigenvalue weighted by atomic mass is 9.81. The van der Waals surface area contributed by atoms with Crippen LogP contribution in [0.4, 0.5) is 5.69 Å². The zero-order valence-electron chi connectivity index (χ0n) is 23.7. The fourth-order valence-corrected chi connectivity index (χ4v) is 5.82. The lowest BCUT2D eigenvalue weighted by Gasteiger charge is -2.28. The molecule has 2 amide bonds. The molecule has 1 aliphatic rings. The fourth-order valence-electron chi connectivity index (χ4n) is 5.22. The van der Waals surface area contributed by atoms with Gasteiger partial charge in [-0.15, -0.1) is 10.2 Å². The number of aromatic nitrogens is 5. The summed E-state index contributed by atoms with van der Waals surface area (Å²) in [6, 6.07) is 15.2. The van der Waals surface area contributed by atoms with Crippen molar-refractivity contribution in [3.8, 4) is 22.5 Å². The summed E-state index contributed by atoms with van der Waals surface area (Å²) in [5, 5.41) is 19.8. The van der Waals surface area contributed by atoms with Gasteiger partial charge >= 0.3 is 0 Å². The molecule has 1 saturated carbocycles. The van der Waals surface area contributed by atoms with Crippen molar-refractivity contribution in [2.24, 2.45) is 17.6 Å². The van der Waals surface area contributed by atoms with Crippen LogP contribution in [0.3, 0.4) is 0 Å². The van der Waals surface area contributed by atoms with Gasteiger partial charge in [-0.1, -0.05) is 24.3 Å². The number of carbonyl (C=O) groups is 2. The summed E-state index contributed by atoms with van der Waals surface area (Å²) in [4.78, 5) is 31.0. The highest BCUT2D eigenvalue weighted by Gasteiger charge is 2.29. The van der Waals surface area contributed by atoms with Gasteiger partial charge in [0.05, 0.1) is 4.90 Å². The van der Waals surface area contributed by atoms with Crippen LogP contribution in [-0.2, 0) is 25.8 Å². The van der Waals surface area contributed by atoms with Crippen LogP contribution < -0.4 is 16.4 Å². The third-order valence-corrected chi connectivity index (χ3v) is 8.89. The van der Waals surface area contributed by atoms with E-state index in [0.717, 1.165) is 48.6 Å². The Labute approximate surface area is 249 Å².